The first-order valence-electron chi connectivity index (χ1n) is 12.7. The topological polar surface area (TPSA) is 102 Å². The first-order chi connectivity index (χ1) is 18.8. The van der Waals surface area contributed by atoms with Crippen molar-refractivity contribution in [1.29, 1.82) is 0 Å². The minimum Gasteiger partial charge on any atom is -0.481 e. The molecule has 3 rings (SSSR count). The zero-order chi connectivity index (χ0) is 28.4. The number of hydrogen-bond donors (Lipinski definition) is 1. The molecular weight excluding hydrogens is 497 g/mol. The van der Waals surface area contributed by atoms with Gasteiger partial charge in [0.1, 0.15) is 11.6 Å². The van der Waals surface area contributed by atoms with Crippen molar-refractivity contribution >= 4 is 28.4 Å². The Bertz CT molecular complexity index is 1520. The third-order valence-electron chi connectivity index (χ3n) is 6.12. The van der Waals surface area contributed by atoms with Gasteiger partial charge in [-0.3, -0.25) is 23.9 Å². The monoisotopic (exact) mass is 529 g/mol. The Balaban J connectivity index is 2.02. The zero-order valence-electron chi connectivity index (χ0n) is 22.2. The van der Waals surface area contributed by atoms with Crippen molar-refractivity contribution < 1.29 is 19.1 Å². The Morgan fingerprint density at radius 1 is 1.15 bits per heavy atom. The normalized spacial score (nSPS) is 12.3. The Morgan fingerprint density at radius 3 is 2.54 bits per heavy atom. The number of unbranched alkanes of at least 4 members (excludes halogenated alkanes) is 1. The molecule has 202 valence electrons. The highest BCUT2D eigenvalue weighted by molar-refractivity contribution is 6.14. The van der Waals surface area contributed by atoms with Gasteiger partial charge in [0.25, 0.3) is 5.56 Å². The third-order valence-corrected chi connectivity index (χ3v) is 6.12. The molecule has 0 atom stereocenters. The molecule has 0 saturated heterocycles. The van der Waals surface area contributed by atoms with Crippen LogP contribution in [0.1, 0.15) is 50.4 Å². The summed E-state index contributed by atoms with van der Waals surface area (Å²) in [7, 11) is 1.61. The molecule has 39 heavy (non-hydrogen) atoms. The lowest BCUT2D eigenvalue weighted by atomic mass is 10.0. The van der Waals surface area contributed by atoms with E-state index in [1.807, 2.05) is 19.1 Å². The number of carbonyl (C=O) groups excluding carboxylic acids is 1. The quantitative estimate of drug-likeness (QED) is 0.0995. The van der Waals surface area contributed by atoms with Crippen LogP contribution in [-0.4, -0.2) is 39.2 Å². The number of carbonyl (C=O) groups is 2. The van der Waals surface area contributed by atoms with Gasteiger partial charge in [-0.2, -0.15) is 0 Å². The van der Waals surface area contributed by atoms with Crippen LogP contribution in [0.3, 0.4) is 0 Å². The molecule has 0 aliphatic heterocycles. The third kappa shape index (κ3) is 7.77. The lowest BCUT2D eigenvalue weighted by Gasteiger charge is -2.14. The average Bonchev–Trinajstić information content (AvgIpc) is 2.90. The maximum atomic E-state index is 13.6. The second kappa shape index (κ2) is 13.9. The molecule has 0 amide bonds. The Labute approximate surface area is 226 Å². The summed E-state index contributed by atoms with van der Waals surface area (Å²) >= 11 is 0. The van der Waals surface area contributed by atoms with E-state index in [0.29, 0.717) is 59.4 Å². The van der Waals surface area contributed by atoms with Crippen molar-refractivity contribution in [2.45, 2.75) is 45.4 Å². The second-order valence-electron chi connectivity index (χ2n) is 9.00. The number of carboxylic acids is 1. The van der Waals surface area contributed by atoms with Gasteiger partial charge in [0.2, 0.25) is 0 Å². The maximum absolute atomic E-state index is 13.6. The molecule has 0 saturated carbocycles. The number of ketones is 1. The van der Waals surface area contributed by atoms with Crippen LogP contribution in [0.2, 0.25) is 0 Å². The van der Waals surface area contributed by atoms with Gasteiger partial charge in [-0.15, -0.1) is 6.58 Å². The van der Waals surface area contributed by atoms with Gasteiger partial charge in [-0.25, -0.2) is 9.37 Å². The predicted molar refractivity (Wildman–Crippen MR) is 152 cm³/mol. The molecule has 3 aromatic rings. The maximum Gasteiger partial charge on any atom is 0.303 e. The molecule has 8 heteroatoms. The first kappa shape index (κ1) is 29.1. The number of carboxylic acid groups (broad SMARTS) is 1. The molecular formula is C31H32FN3O4. The van der Waals surface area contributed by atoms with Crippen molar-refractivity contribution in [3.05, 3.63) is 106 Å². The molecule has 0 bridgehead atoms. The van der Waals surface area contributed by atoms with E-state index in [0.717, 1.165) is 5.57 Å². The van der Waals surface area contributed by atoms with E-state index in [4.69, 9.17) is 10.1 Å². The molecule has 0 unspecified atom stereocenters. The summed E-state index contributed by atoms with van der Waals surface area (Å²) in [6.07, 6.45) is 9.01. The van der Waals surface area contributed by atoms with Crippen LogP contribution in [0, 0.1) is 5.82 Å². The Kier molecular flexibility index (Phi) is 10.4. The van der Waals surface area contributed by atoms with Gasteiger partial charge >= 0.3 is 5.97 Å². The lowest BCUT2D eigenvalue weighted by Crippen LogP contribution is -2.24. The van der Waals surface area contributed by atoms with E-state index >= 15 is 0 Å². The largest absolute Gasteiger partial charge is 0.481 e. The highest BCUT2D eigenvalue weighted by atomic mass is 19.1. The summed E-state index contributed by atoms with van der Waals surface area (Å²) in [5, 5.41) is 9.33. The van der Waals surface area contributed by atoms with E-state index in [2.05, 4.69) is 11.6 Å². The van der Waals surface area contributed by atoms with Crippen LogP contribution in [0.4, 0.5) is 4.39 Å². The highest BCUT2D eigenvalue weighted by Gasteiger charge is 2.16. The Hall–Kier alpha value is -4.46. The zero-order valence-corrected chi connectivity index (χ0v) is 22.2. The fourth-order valence-electron chi connectivity index (χ4n) is 4.28. The first-order valence-corrected chi connectivity index (χ1v) is 12.7. The smallest absolute Gasteiger partial charge is 0.303 e. The fraction of sp³-hybridized carbons (Fsp3) is 0.258. The van der Waals surface area contributed by atoms with Crippen LogP contribution < -0.4 is 5.56 Å². The van der Waals surface area contributed by atoms with Crippen LogP contribution in [0.5, 0.6) is 0 Å². The average molecular weight is 530 g/mol. The minimum absolute atomic E-state index is 0.0138. The van der Waals surface area contributed by atoms with Gasteiger partial charge in [-0.05, 0) is 79.8 Å². The van der Waals surface area contributed by atoms with E-state index in [1.165, 1.54) is 28.8 Å². The van der Waals surface area contributed by atoms with Gasteiger partial charge < -0.3 is 5.11 Å². The number of aryl methyl sites for hydroxylation is 1. The molecule has 0 spiro atoms. The molecule has 1 N–H and O–H groups in total. The summed E-state index contributed by atoms with van der Waals surface area (Å²) in [6.45, 7) is 5.61. The van der Waals surface area contributed by atoms with Gasteiger partial charge in [0.05, 0.1) is 23.0 Å². The minimum atomic E-state index is -0.889. The molecule has 0 aliphatic rings. The molecule has 0 aliphatic carbocycles. The number of aliphatic carboxylic acids is 1. The van der Waals surface area contributed by atoms with Crippen LogP contribution in [0.15, 0.2) is 88.7 Å². The van der Waals surface area contributed by atoms with Crippen molar-refractivity contribution in [1.82, 2.24) is 9.55 Å². The SMILES string of the molecule is C=CC/C(C=CC)=C/C(=O)CC(=NC)c1ccc2c(=O)n(-c3ccc(F)cc3)c(CCCCC(=O)O)nc2c1. The van der Waals surface area contributed by atoms with Crippen molar-refractivity contribution in [3.63, 3.8) is 0 Å². The second-order valence-corrected chi connectivity index (χ2v) is 9.00. The molecule has 0 radical (unpaired) electrons. The number of allylic oxidation sites excluding steroid dienone is 5. The fourth-order valence-corrected chi connectivity index (χ4v) is 4.28. The van der Waals surface area contributed by atoms with Crippen molar-refractivity contribution in [2.24, 2.45) is 4.99 Å². The summed E-state index contributed by atoms with van der Waals surface area (Å²) in [5.74, 6) is -0.980. The van der Waals surface area contributed by atoms with Gasteiger partial charge in [0.15, 0.2) is 5.78 Å². The summed E-state index contributed by atoms with van der Waals surface area (Å²) < 4.78 is 15.0. The predicted octanol–water partition coefficient (Wildman–Crippen LogP) is 5.78. The molecule has 0 fully saturated rings. The van der Waals surface area contributed by atoms with E-state index in [1.54, 1.807) is 37.4 Å². The van der Waals surface area contributed by atoms with Crippen LogP contribution in [0.25, 0.3) is 16.6 Å². The number of benzene rings is 2. The molecule has 1 aromatic heterocycles. The summed E-state index contributed by atoms with van der Waals surface area (Å²) in [6, 6.07) is 10.7. The van der Waals surface area contributed by atoms with Crippen molar-refractivity contribution in [3.8, 4) is 5.69 Å². The number of halogens is 1. The number of aromatic nitrogens is 2. The summed E-state index contributed by atoms with van der Waals surface area (Å²) in [4.78, 5) is 46.4. The van der Waals surface area contributed by atoms with E-state index in [9.17, 15) is 18.8 Å². The summed E-state index contributed by atoms with van der Waals surface area (Å²) in [5.41, 5.74) is 2.67. The Morgan fingerprint density at radius 2 is 1.90 bits per heavy atom. The lowest BCUT2D eigenvalue weighted by molar-refractivity contribution is -0.137. The number of fused-ring (bicyclic) bond motifs is 1. The molecule has 2 aromatic carbocycles. The van der Waals surface area contributed by atoms with Gasteiger partial charge in [-0.1, -0.05) is 24.3 Å². The van der Waals surface area contributed by atoms with E-state index in [-0.39, 0.29) is 24.2 Å². The van der Waals surface area contributed by atoms with Crippen LogP contribution >= 0.6 is 0 Å². The van der Waals surface area contributed by atoms with Crippen molar-refractivity contribution in [2.75, 3.05) is 7.05 Å². The van der Waals surface area contributed by atoms with Crippen LogP contribution in [-0.2, 0) is 16.0 Å². The number of rotatable bonds is 13. The number of nitrogens with zero attached hydrogens (tertiary/aromatic N) is 3. The standard InChI is InChI=1S/C31H32FN3O4/c1-4-8-21(9-5-2)18-25(36)20-27(33-3)22-12-17-26-28(19-22)34-29(10-6-7-11-30(37)38)35(31(26)39)24-15-13-23(32)14-16-24/h4-5,9,12-19H,1,6-8,10-11,20H2,2-3H3,(H,37,38)/b9-5?,21-18-,33-27?. The molecule has 1 heterocycles. The molecule has 7 nitrogen and oxygen atoms in total. The van der Waals surface area contributed by atoms with E-state index < -0.39 is 11.8 Å². The van der Waals surface area contributed by atoms with Gasteiger partial charge in [0, 0.05) is 25.6 Å². The highest BCUT2D eigenvalue weighted by Crippen LogP contribution is 2.19. The number of aliphatic imine (C=N–C) groups is 1. The number of hydrogen-bond acceptors (Lipinski definition) is 5.